The Morgan fingerprint density at radius 1 is 1.04 bits per heavy atom. The van der Waals surface area contributed by atoms with Crippen LogP contribution in [-0.4, -0.2) is 45.6 Å². The van der Waals surface area contributed by atoms with Crippen molar-refractivity contribution in [2.24, 2.45) is 0 Å². The molecule has 2 N–H and O–H groups in total. The Morgan fingerprint density at radius 2 is 1.70 bits per heavy atom. The molecular formula is C20H18N4O2S. The van der Waals surface area contributed by atoms with Gasteiger partial charge < -0.3 is 10.3 Å². The number of imidazole rings is 1. The van der Waals surface area contributed by atoms with Crippen molar-refractivity contribution >= 4 is 23.7 Å². The van der Waals surface area contributed by atoms with E-state index in [9.17, 15) is 9.59 Å². The number of rotatable bonds is 5. The molecule has 0 radical (unpaired) electrons. The van der Waals surface area contributed by atoms with Crippen molar-refractivity contribution in [2.45, 2.75) is 5.16 Å². The SMILES string of the molecule is O=C(CSc1nc(-c2ccccc2)c(-c2ccccc2)[nH]1)N1CCNC1=O. The van der Waals surface area contributed by atoms with Gasteiger partial charge in [0.05, 0.1) is 17.1 Å². The first kappa shape index (κ1) is 17.4. The number of urea groups is 1. The third kappa shape index (κ3) is 3.73. The Kier molecular flexibility index (Phi) is 4.93. The van der Waals surface area contributed by atoms with Gasteiger partial charge in [0.15, 0.2) is 5.16 Å². The summed E-state index contributed by atoms with van der Waals surface area (Å²) in [6.45, 7) is 0.924. The highest BCUT2D eigenvalue weighted by atomic mass is 32.2. The van der Waals surface area contributed by atoms with E-state index in [1.807, 2.05) is 60.7 Å². The minimum atomic E-state index is -0.324. The first-order chi connectivity index (χ1) is 13.2. The van der Waals surface area contributed by atoms with E-state index < -0.39 is 0 Å². The number of hydrogen-bond donors (Lipinski definition) is 2. The minimum absolute atomic E-state index is 0.156. The number of nitrogens with one attached hydrogen (secondary N) is 2. The van der Waals surface area contributed by atoms with Crippen LogP contribution in [0.4, 0.5) is 4.79 Å². The molecule has 1 fully saturated rings. The third-order valence-corrected chi connectivity index (χ3v) is 5.14. The molecule has 7 heteroatoms. The van der Waals surface area contributed by atoms with Crippen LogP contribution in [0.3, 0.4) is 0 Å². The van der Waals surface area contributed by atoms with Gasteiger partial charge in [-0.3, -0.25) is 9.69 Å². The highest BCUT2D eigenvalue weighted by Crippen LogP contribution is 2.32. The zero-order valence-electron chi connectivity index (χ0n) is 14.5. The number of hydrogen-bond acceptors (Lipinski definition) is 4. The van der Waals surface area contributed by atoms with Crippen molar-refractivity contribution in [1.29, 1.82) is 0 Å². The second kappa shape index (κ2) is 7.67. The molecule has 136 valence electrons. The zero-order chi connectivity index (χ0) is 18.6. The van der Waals surface area contributed by atoms with Gasteiger partial charge in [0.2, 0.25) is 5.91 Å². The van der Waals surface area contributed by atoms with Crippen molar-refractivity contribution in [3.63, 3.8) is 0 Å². The van der Waals surface area contributed by atoms with Gasteiger partial charge in [0.1, 0.15) is 0 Å². The van der Waals surface area contributed by atoms with Crippen LogP contribution in [0, 0.1) is 0 Å². The van der Waals surface area contributed by atoms with Crippen LogP contribution in [0.1, 0.15) is 0 Å². The predicted molar refractivity (Wildman–Crippen MR) is 105 cm³/mol. The number of benzene rings is 2. The summed E-state index contributed by atoms with van der Waals surface area (Å²) >= 11 is 1.30. The van der Waals surface area contributed by atoms with Crippen LogP contribution in [0.5, 0.6) is 0 Å². The Hall–Kier alpha value is -3.06. The topological polar surface area (TPSA) is 78.1 Å². The number of H-pyrrole nitrogens is 1. The van der Waals surface area contributed by atoms with Gasteiger partial charge in [-0.1, -0.05) is 72.4 Å². The molecule has 1 aliphatic rings. The molecule has 4 rings (SSSR count). The lowest BCUT2D eigenvalue weighted by molar-refractivity contribution is -0.124. The summed E-state index contributed by atoms with van der Waals surface area (Å²) in [5.74, 6) is -0.0578. The average molecular weight is 378 g/mol. The summed E-state index contributed by atoms with van der Waals surface area (Å²) in [4.78, 5) is 33.2. The fraction of sp³-hybridized carbons (Fsp3) is 0.150. The molecular weight excluding hydrogens is 360 g/mol. The smallest absolute Gasteiger partial charge is 0.324 e. The van der Waals surface area contributed by atoms with Gasteiger partial charge >= 0.3 is 6.03 Å². The van der Waals surface area contributed by atoms with Gasteiger partial charge in [0.25, 0.3) is 0 Å². The maximum absolute atomic E-state index is 12.3. The Bertz CT molecular complexity index is 900. The van der Waals surface area contributed by atoms with Gasteiger partial charge in [0, 0.05) is 24.2 Å². The zero-order valence-corrected chi connectivity index (χ0v) is 15.3. The molecule has 1 aliphatic heterocycles. The third-order valence-electron chi connectivity index (χ3n) is 4.28. The number of nitrogens with zero attached hydrogens (tertiary/aromatic N) is 2. The van der Waals surface area contributed by atoms with Crippen molar-refractivity contribution in [3.8, 4) is 22.5 Å². The monoisotopic (exact) mass is 378 g/mol. The van der Waals surface area contributed by atoms with Crippen LogP contribution in [0.25, 0.3) is 22.5 Å². The van der Waals surface area contributed by atoms with Crippen LogP contribution >= 0.6 is 11.8 Å². The molecule has 27 heavy (non-hydrogen) atoms. The number of imide groups is 1. The summed E-state index contributed by atoms with van der Waals surface area (Å²) in [6, 6.07) is 19.6. The lowest BCUT2D eigenvalue weighted by Gasteiger charge is -2.10. The molecule has 1 aromatic heterocycles. The maximum Gasteiger partial charge on any atom is 0.324 e. The average Bonchev–Trinajstić information content (AvgIpc) is 3.34. The van der Waals surface area contributed by atoms with Crippen molar-refractivity contribution in [2.75, 3.05) is 18.8 Å². The summed E-state index contributed by atoms with van der Waals surface area (Å²) < 4.78 is 0. The standard InChI is InChI=1S/C20H18N4O2S/c25-16(24-12-11-21-20(24)26)13-27-19-22-17(14-7-3-1-4-8-14)18(23-19)15-9-5-2-6-10-15/h1-10H,11-13H2,(H,21,26)(H,22,23). The van der Waals surface area contributed by atoms with E-state index >= 15 is 0 Å². The van der Waals surface area contributed by atoms with Crippen LogP contribution in [-0.2, 0) is 4.79 Å². The summed E-state index contributed by atoms with van der Waals surface area (Å²) in [6.07, 6.45) is 0. The number of carbonyl (C=O) groups excluding carboxylic acids is 2. The van der Waals surface area contributed by atoms with E-state index in [1.165, 1.54) is 16.7 Å². The van der Waals surface area contributed by atoms with Crippen LogP contribution < -0.4 is 5.32 Å². The second-order valence-corrected chi connectivity index (χ2v) is 7.03. The molecule has 2 aromatic carbocycles. The van der Waals surface area contributed by atoms with Gasteiger partial charge in [-0.2, -0.15) is 0 Å². The molecule has 0 unspecified atom stereocenters. The van der Waals surface area contributed by atoms with E-state index in [0.717, 1.165) is 22.5 Å². The fourth-order valence-corrected chi connectivity index (χ4v) is 3.70. The van der Waals surface area contributed by atoms with Crippen LogP contribution in [0.15, 0.2) is 65.8 Å². The van der Waals surface area contributed by atoms with Crippen molar-refractivity contribution in [3.05, 3.63) is 60.7 Å². The summed E-state index contributed by atoms with van der Waals surface area (Å²) in [5.41, 5.74) is 3.79. The van der Waals surface area contributed by atoms with Crippen LogP contribution in [0.2, 0.25) is 0 Å². The van der Waals surface area contributed by atoms with Gasteiger partial charge in [-0.05, 0) is 0 Å². The molecule has 0 atom stereocenters. The maximum atomic E-state index is 12.3. The van der Waals surface area contributed by atoms with E-state index in [2.05, 4.69) is 10.3 Å². The quantitative estimate of drug-likeness (QED) is 0.667. The molecule has 6 nitrogen and oxygen atoms in total. The molecule has 2 heterocycles. The highest BCUT2D eigenvalue weighted by molar-refractivity contribution is 7.99. The number of amides is 3. The Labute approximate surface area is 161 Å². The number of thioether (sulfide) groups is 1. The lowest BCUT2D eigenvalue weighted by Crippen LogP contribution is -2.35. The first-order valence-corrected chi connectivity index (χ1v) is 9.63. The predicted octanol–water partition coefficient (Wildman–Crippen LogP) is 3.39. The normalized spacial score (nSPS) is 13.6. The van der Waals surface area contributed by atoms with E-state index in [1.54, 1.807) is 0 Å². The van der Waals surface area contributed by atoms with Gasteiger partial charge in [-0.15, -0.1) is 0 Å². The molecule has 0 bridgehead atoms. The largest absolute Gasteiger partial charge is 0.336 e. The molecule has 0 spiro atoms. The van der Waals surface area contributed by atoms with Crippen molar-refractivity contribution < 1.29 is 9.59 Å². The van der Waals surface area contributed by atoms with E-state index in [4.69, 9.17) is 4.98 Å². The highest BCUT2D eigenvalue weighted by Gasteiger charge is 2.26. The first-order valence-electron chi connectivity index (χ1n) is 8.64. The minimum Gasteiger partial charge on any atom is -0.336 e. The number of aromatic amines is 1. The van der Waals surface area contributed by atoms with Crippen molar-refractivity contribution in [1.82, 2.24) is 20.2 Å². The molecule has 3 aromatic rings. The summed E-state index contributed by atoms with van der Waals surface area (Å²) in [5, 5.41) is 3.29. The fourth-order valence-electron chi connectivity index (χ4n) is 2.96. The number of aromatic nitrogens is 2. The Morgan fingerprint density at radius 3 is 2.33 bits per heavy atom. The molecule has 0 aliphatic carbocycles. The van der Waals surface area contributed by atoms with Gasteiger partial charge in [-0.25, -0.2) is 9.78 Å². The molecule has 0 saturated carbocycles. The number of carbonyl (C=O) groups is 2. The molecule has 1 saturated heterocycles. The summed E-state index contributed by atoms with van der Waals surface area (Å²) in [7, 11) is 0. The second-order valence-electron chi connectivity index (χ2n) is 6.06. The van der Waals surface area contributed by atoms with E-state index in [-0.39, 0.29) is 17.7 Å². The van der Waals surface area contributed by atoms with E-state index in [0.29, 0.717) is 18.2 Å². The molecule has 3 amide bonds. The Balaban J connectivity index is 1.60. The lowest BCUT2D eigenvalue weighted by atomic mass is 10.1.